The van der Waals surface area contributed by atoms with Crippen molar-refractivity contribution in [2.75, 3.05) is 0 Å². The van der Waals surface area contributed by atoms with Crippen molar-refractivity contribution >= 4 is 11.6 Å². The van der Waals surface area contributed by atoms with Crippen LogP contribution in [0.2, 0.25) is 0 Å². The van der Waals surface area contributed by atoms with Gasteiger partial charge in [0.05, 0.1) is 11.9 Å². The van der Waals surface area contributed by atoms with Crippen LogP contribution in [0, 0.1) is 6.92 Å². The zero-order chi connectivity index (χ0) is 19.1. The molecule has 7 nitrogen and oxygen atoms in total. The van der Waals surface area contributed by atoms with Gasteiger partial charge < -0.3 is 4.90 Å². The second-order valence-corrected chi connectivity index (χ2v) is 7.20. The van der Waals surface area contributed by atoms with Gasteiger partial charge in [-0.1, -0.05) is 6.07 Å². The van der Waals surface area contributed by atoms with Gasteiger partial charge in [0.1, 0.15) is 11.3 Å². The molecule has 1 aliphatic rings. The molecule has 0 atom stereocenters. The normalized spacial score (nSPS) is 13.8. The molecule has 4 aromatic rings. The topological polar surface area (TPSA) is 79.2 Å². The Morgan fingerprint density at radius 3 is 2.89 bits per heavy atom. The van der Waals surface area contributed by atoms with E-state index in [1.165, 1.54) is 0 Å². The average molecular weight is 372 g/mol. The number of aryl methyl sites for hydroxylation is 1. The van der Waals surface area contributed by atoms with Gasteiger partial charge in [-0.05, 0) is 49.1 Å². The molecule has 0 saturated heterocycles. The van der Waals surface area contributed by atoms with Crippen molar-refractivity contribution in [1.29, 1.82) is 0 Å². The lowest BCUT2D eigenvalue weighted by atomic mass is 10.1. The highest BCUT2D eigenvalue weighted by Crippen LogP contribution is 2.31. The molecule has 0 aliphatic heterocycles. The number of fused-ring (bicyclic) bond motifs is 1. The minimum Gasteiger partial charge on any atom is -0.330 e. The number of nitrogens with zero attached hydrogens (tertiary/aromatic N) is 5. The van der Waals surface area contributed by atoms with Crippen LogP contribution in [-0.2, 0) is 6.54 Å². The maximum atomic E-state index is 13.5. The summed E-state index contributed by atoms with van der Waals surface area (Å²) in [5.74, 6) is 0.0208. The van der Waals surface area contributed by atoms with Gasteiger partial charge in [-0.3, -0.25) is 19.3 Å². The van der Waals surface area contributed by atoms with E-state index in [0.717, 1.165) is 40.9 Å². The molecule has 0 unspecified atom stereocenters. The van der Waals surface area contributed by atoms with Crippen LogP contribution in [0.4, 0.5) is 0 Å². The molecule has 1 aliphatic carbocycles. The molecule has 1 N–H and O–H groups in total. The summed E-state index contributed by atoms with van der Waals surface area (Å²) in [6, 6.07) is 8.17. The summed E-state index contributed by atoms with van der Waals surface area (Å²) < 4.78 is 1.89. The van der Waals surface area contributed by atoms with Crippen molar-refractivity contribution in [2.45, 2.75) is 32.4 Å². The summed E-state index contributed by atoms with van der Waals surface area (Å²) >= 11 is 0. The molecule has 5 rings (SSSR count). The van der Waals surface area contributed by atoms with Crippen molar-refractivity contribution in [3.63, 3.8) is 0 Å². The standard InChI is InChI=1S/C21H20N6O/c1-14-20(21(28)27(18-4-5-18)13-15-3-2-7-22-10-15)26-8-6-16(9-19(26)25-14)17-11-23-24-12-17/h2-3,6-12,18H,4-5,13H2,1H3,(H,23,24). The van der Waals surface area contributed by atoms with Gasteiger partial charge in [0, 0.05) is 42.9 Å². The summed E-state index contributed by atoms with van der Waals surface area (Å²) in [6.07, 6.45) is 11.2. The van der Waals surface area contributed by atoms with Gasteiger partial charge >= 0.3 is 0 Å². The first-order valence-corrected chi connectivity index (χ1v) is 9.38. The van der Waals surface area contributed by atoms with Crippen LogP contribution in [0.1, 0.15) is 34.6 Å². The maximum absolute atomic E-state index is 13.5. The van der Waals surface area contributed by atoms with Crippen LogP contribution in [0.5, 0.6) is 0 Å². The van der Waals surface area contributed by atoms with Gasteiger partial charge in [0.15, 0.2) is 0 Å². The number of carbonyl (C=O) groups is 1. The number of amides is 1. The highest BCUT2D eigenvalue weighted by Gasteiger charge is 2.35. The van der Waals surface area contributed by atoms with Crippen LogP contribution in [0.25, 0.3) is 16.8 Å². The fourth-order valence-corrected chi connectivity index (χ4v) is 3.59. The van der Waals surface area contributed by atoms with E-state index < -0.39 is 0 Å². The second kappa shape index (κ2) is 6.60. The van der Waals surface area contributed by atoms with Crippen molar-refractivity contribution in [2.24, 2.45) is 0 Å². The summed E-state index contributed by atoms with van der Waals surface area (Å²) in [6.45, 7) is 2.46. The van der Waals surface area contributed by atoms with E-state index in [1.807, 2.05) is 59.1 Å². The van der Waals surface area contributed by atoms with Crippen LogP contribution < -0.4 is 0 Å². The number of pyridine rings is 2. The Kier molecular flexibility index (Phi) is 3.93. The highest BCUT2D eigenvalue weighted by atomic mass is 16.2. The average Bonchev–Trinajstić information content (AvgIpc) is 3.28. The van der Waals surface area contributed by atoms with Crippen molar-refractivity contribution in [3.05, 3.63) is 72.2 Å². The van der Waals surface area contributed by atoms with Crippen molar-refractivity contribution in [3.8, 4) is 11.1 Å². The Hall–Kier alpha value is -3.48. The quantitative estimate of drug-likeness (QED) is 0.583. The zero-order valence-corrected chi connectivity index (χ0v) is 15.5. The number of hydrogen-bond acceptors (Lipinski definition) is 4. The largest absolute Gasteiger partial charge is 0.330 e. The van der Waals surface area contributed by atoms with Crippen LogP contribution in [0.3, 0.4) is 0 Å². The summed E-state index contributed by atoms with van der Waals surface area (Å²) in [5.41, 5.74) is 5.18. The van der Waals surface area contributed by atoms with Gasteiger partial charge in [-0.2, -0.15) is 5.10 Å². The van der Waals surface area contributed by atoms with Crippen LogP contribution >= 0.6 is 0 Å². The third kappa shape index (κ3) is 2.94. The van der Waals surface area contributed by atoms with E-state index in [0.29, 0.717) is 18.3 Å². The Labute approximate surface area is 162 Å². The number of imidazole rings is 1. The molecule has 0 radical (unpaired) electrons. The van der Waals surface area contributed by atoms with Crippen molar-refractivity contribution < 1.29 is 4.79 Å². The molecule has 0 spiro atoms. The lowest BCUT2D eigenvalue weighted by Crippen LogP contribution is -2.33. The molecular formula is C21H20N6O. The predicted molar refractivity (Wildman–Crippen MR) is 105 cm³/mol. The fourth-order valence-electron chi connectivity index (χ4n) is 3.59. The first-order valence-electron chi connectivity index (χ1n) is 9.38. The van der Waals surface area contributed by atoms with Gasteiger partial charge in [0.2, 0.25) is 0 Å². The maximum Gasteiger partial charge on any atom is 0.273 e. The van der Waals surface area contributed by atoms with Gasteiger partial charge in [-0.15, -0.1) is 0 Å². The van der Waals surface area contributed by atoms with Crippen molar-refractivity contribution in [1.82, 2.24) is 29.5 Å². The molecule has 4 heterocycles. The summed E-state index contributed by atoms with van der Waals surface area (Å²) in [4.78, 5) is 24.3. The molecular weight excluding hydrogens is 352 g/mol. The summed E-state index contributed by atoms with van der Waals surface area (Å²) in [7, 11) is 0. The minimum atomic E-state index is 0.0208. The predicted octanol–water partition coefficient (Wildman–Crippen LogP) is 3.23. The molecule has 0 aromatic carbocycles. The van der Waals surface area contributed by atoms with Crippen LogP contribution in [-0.4, -0.2) is 41.4 Å². The number of rotatable bonds is 5. The van der Waals surface area contributed by atoms with E-state index >= 15 is 0 Å². The van der Waals surface area contributed by atoms with E-state index in [-0.39, 0.29) is 5.91 Å². The van der Waals surface area contributed by atoms with Gasteiger partial charge in [-0.25, -0.2) is 4.98 Å². The molecule has 7 heteroatoms. The Morgan fingerprint density at radius 2 is 2.18 bits per heavy atom. The van der Waals surface area contributed by atoms with Gasteiger partial charge in [0.25, 0.3) is 5.91 Å². The highest BCUT2D eigenvalue weighted by molar-refractivity contribution is 5.95. The first kappa shape index (κ1) is 16.7. The molecule has 1 amide bonds. The number of aromatic nitrogens is 5. The minimum absolute atomic E-state index is 0.0208. The smallest absolute Gasteiger partial charge is 0.273 e. The third-order valence-electron chi connectivity index (χ3n) is 5.16. The number of aromatic amines is 1. The SMILES string of the molecule is Cc1nc2cc(-c3cn[nH]c3)ccn2c1C(=O)N(Cc1cccnc1)C1CC1. The molecule has 28 heavy (non-hydrogen) atoms. The monoisotopic (exact) mass is 372 g/mol. The molecule has 140 valence electrons. The lowest BCUT2D eigenvalue weighted by molar-refractivity contribution is 0.0722. The second-order valence-electron chi connectivity index (χ2n) is 7.20. The Bertz CT molecular complexity index is 1130. The van der Waals surface area contributed by atoms with E-state index in [1.54, 1.807) is 12.4 Å². The van der Waals surface area contributed by atoms with E-state index in [2.05, 4.69) is 20.2 Å². The molecule has 1 fully saturated rings. The number of H-pyrrole nitrogens is 1. The number of carbonyl (C=O) groups excluding carboxylic acids is 1. The molecule has 4 aromatic heterocycles. The summed E-state index contributed by atoms with van der Waals surface area (Å²) in [5, 5.41) is 6.83. The zero-order valence-electron chi connectivity index (χ0n) is 15.5. The first-order chi connectivity index (χ1) is 13.7. The number of hydrogen-bond donors (Lipinski definition) is 1. The number of nitrogens with one attached hydrogen (secondary N) is 1. The lowest BCUT2D eigenvalue weighted by Gasteiger charge is -2.22. The Morgan fingerprint density at radius 1 is 1.29 bits per heavy atom. The Balaban J connectivity index is 1.52. The fraction of sp³-hybridized carbons (Fsp3) is 0.238. The molecule has 0 bridgehead atoms. The van der Waals surface area contributed by atoms with Crippen LogP contribution in [0.15, 0.2) is 55.2 Å². The van der Waals surface area contributed by atoms with E-state index in [9.17, 15) is 4.79 Å². The molecule has 1 saturated carbocycles. The van der Waals surface area contributed by atoms with E-state index in [4.69, 9.17) is 0 Å². The third-order valence-corrected chi connectivity index (χ3v) is 5.16.